The molecular weight excluding hydrogens is 301 g/mol. The zero-order valence-corrected chi connectivity index (χ0v) is 10.9. The van der Waals surface area contributed by atoms with Crippen LogP contribution < -0.4 is 5.32 Å². The number of nitrogens with one attached hydrogen (secondary N) is 1. The summed E-state index contributed by atoms with van der Waals surface area (Å²) < 4.78 is 36.3. The highest BCUT2D eigenvalue weighted by atomic mass is 35.5. The van der Waals surface area contributed by atoms with E-state index in [0.717, 1.165) is 13.2 Å². The molecule has 0 saturated heterocycles. The zero-order valence-electron chi connectivity index (χ0n) is 10.2. The molecule has 2 amide bonds. The topological polar surface area (TPSA) is 75.2 Å². The average Bonchev–Trinajstić information content (AvgIpc) is 2.36. The minimum atomic E-state index is -4.55. The zero-order chi connectivity index (χ0) is 15.3. The van der Waals surface area contributed by atoms with Crippen LogP contribution in [0, 0.1) is 0 Å². The lowest BCUT2D eigenvalue weighted by molar-refractivity contribution is -0.158. The van der Waals surface area contributed by atoms with E-state index in [9.17, 15) is 22.8 Å². The van der Waals surface area contributed by atoms with Crippen molar-refractivity contribution in [3.63, 3.8) is 0 Å². The predicted octanol–water partition coefficient (Wildman–Crippen LogP) is 0.792. The van der Waals surface area contributed by atoms with E-state index in [1.54, 1.807) is 0 Å². The van der Waals surface area contributed by atoms with Crippen molar-refractivity contribution >= 4 is 23.4 Å². The average molecular weight is 311 g/mol. The van der Waals surface area contributed by atoms with Crippen LogP contribution in [-0.4, -0.2) is 52.0 Å². The minimum Gasteiger partial charge on any atom is -0.334 e. The second kappa shape index (κ2) is 6.51. The van der Waals surface area contributed by atoms with Gasteiger partial charge in [-0.1, -0.05) is 11.6 Å². The van der Waals surface area contributed by atoms with Crippen molar-refractivity contribution in [3.05, 3.63) is 24.3 Å². The van der Waals surface area contributed by atoms with Crippen molar-refractivity contribution in [2.45, 2.75) is 11.7 Å². The maximum Gasteiger partial charge on any atom is 0.406 e. The molecule has 0 radical (unpaired) electrons. The number of amides is 2. The van der Waals surface area contributed by atoms with Crippen molar-refractivity contribution in [2.75, 3.05) is 13.6 Å². The van der Waals surface area contributed by atoms with Crippen molar-refractivity contribution in [2.24, 2.45) is 0 Å². The number of nitrogens with zero attached hydrogens (tertiary/aromatic N) is 3. The number of halogens is 4. The van der Waals surface area contributed by atoms with Crippen molar-refractivity contribution in [1.29, 1.82) is 0 Å². The molecule has 0 fully saturated rings. The monoisotopic (exact) mass is 310 g/mol. The molecule has 1 N–H and O–H groups in total. The van der Waals surface area contributed by atoms with Gasteiger partial charge in [-0.2, -0.15) is 13.2 Å². The minimum absolute atomic E-state index is 0.107. The maximum absolute atomic E-state index is 12.1. The summed E-state index contributed by atoms with van der Waals surface area (Å²) in [6.45, 7) is -1.46. The maximum atomic E-state index is 12.1. The Morgan fingerprint density at radius 3 is 2.60 bits per heavy atom. The Morgan fingerprint density at radius 1 is 1.45 bits per heavy atom. The lowest BCUT2D eigenvalue weighted by Crippen LogP contribution is -2.46. The van der Waals surface area contributed by atoms with Gasteiger partial charge in [0, 0.05) is 19.4 Å². The smallest absolute Gasteiger partial charge is 0.334 e. The van der Waals surface area contributed by atoms with Gasteiger partial charge in [-0.15, -0.1) is 0 Å². The standard InChI is InChI=1S/C10H10ClF3N4O2/c1-18(5-10(12,13)14)9(20)7(11)17-8(19)6-4-15-2-3-16-6/h2-4,7H,5H2,1H3,(H,17,19). The van der Waals surface area contributed by atoms with Crippen LogP contribution in [0.2, 0.25) is 0 Å². The molecular formula is C10H10ClF3N4O2. The summed E-state index contributed by atoms with van der Waals surface area (Å²) in [4.78, 5) is 30.8. The summed E-state index contributed by atoms with van der Waals surface area (Å²) in [5.74, 6) is -1.90. The number of alkyl halides is 4. The highest BCUT2D eigenvalue weighted by molar-refractivity contribution is 6.31. The molecule has 1 unspecified atom stereocenters. The number of rotatable bonds is 4. The van der Waals surface area contributed by atoms with E-state index in [1.165, 1.54) is 12.4 Å². The summed E-state index contributed by atoms with van der Waals surface area (Å²) >= 11 is 5.56. The van der Waals surface area contributed by atoms with Crippen molar-refractivity contribution in [3.8, 4) is 0 Å². The quantitative estimate of drug-likeness (QED) is 0.659. The number of hydrogen-bond acceptors (Lipinski definition) is 4. The number of likely N-dealkylation sites (N-methyl/N-ethyl adjacent to an activating group) is 1. The third kappa shape index (κ3) is 5.00. The molecule has 6 nitrogen and oxygen atoms in total. The van der Waals surface area contributed by atoms with Gasteiger partial charge in [-0.05, 0) is 0 Å². The van der Waals surface area contributed by atoms with Gasteiger partial charge >= 0.3 is 6.18 Å². The van der Waals surface area contributed by atoms with Gasteiger partial charge in [0.2, 0.25) is 0 Å². The van der Waals surface area contributed by atoms with E-state index in [4.69, 9.17) is 11.6 Å². The van der Waals surface area contributed by atoms with Crippen LogP contribution in [0.25, 0.3) is 0 Å². The number of carbonyl (C=O) groups is 2. The van der Waals surface area contributed by atoms with Gasteiger partial charge in [0.25, 0.3) is 11.8 Å². The Labute approximate surface area is 116 Å². The lowest BCUT2D eigenvalue weighted by atomic mass is 10.4. The second-order valence-corrected chi connectivity index (χ2v) is 4.17. The summed E-state index contributed by atoms with van der Waals surface area (Å²) in [6.07, 6.45) is -0.842. The van der Waals surface area contributed by atoms with Crippen LogP contribution in [-0.2, 0) is 4.79 Å². The van der Waals surface area contributed by atoms with E-state index < -0.39 is 30.0 Å². The van der Waals surface area contributed by atoms with Crippen LogP contribution in [0.4, 0.5) is 13.2 Å². The van der Waals surface area contributed by atoms with Gasteiger partial charge in [0.05, 0.1) is 6.20 Å². The van der Waals surface area contributed by atoms with Crippen LogP contribution in [0.5, 0.6) is 0 Å². The van der Waals surface area contributed by atoms with Gasteiger partial charge < -0.3 is 10.2 Å². The molecule has 0 bridgehead atoms. The summed E-state index contributed by atoms with van der Waals surface area (Å²) in [5, 5.41) is 2.03. The summed E-state index contributed by atoms with van der Waals surface area (Å²) in [5.41, 5.74) is -1.73. The van der Waals surface area contributed by atoms with E-state index in [-0.39, 0.29) is 5.69 Å². The Balaban J connectivity index is 2.60. The third-order valence-electron chi connectivity index (χ3n) is 2.06. The van der Waals surface area contributed by atoms with Crippen molar-refractivity contribution < 1.29 is 22.8 Å². The Morgan fingerprint density at radius 2 is 2.10 bits per heavy atom. The Bertz CT molecular complexity index is 483. The molecule has 1 heterocycles. The molecule has 0 aliphatic heterocycles. The highest BCUT2D eigenvalue weighted by Crippen LogP contribution is 2.16. The van der Waals surface area contributed by atoms with Crippen LogP contribution in [0.3, 0.4) is 0 Å². The number of aromatic nitrogens is 2. The lowest BCUT2D eigenvalue weighted by Gasteiger charge is -2.21. The van der Waals surface area contributed by atoms with Crippen LogP contribution >= 0.6 is 11.6 Å². The molecule has 110 valence electrons. The number of hydrogen-bond donors (Lipinski definition) is 1. The second-order valence-electron chi connectivity index (χ2n) is 3.74. The summed E-state index contributed by atoms with van der Waals surface area (Å²) in [7, 11) is 0.930. The van der Waals surface area contributed by atoms with Crippen molar-refractivity contribution in [1.82, 2.24) is 20.2 Å². The molecule has 1 rings (SSSR count). The first-order valence-corrected chi connectivity index (χ1v) is 5.67. The first-order valence-electron chi connectivity index (χ1n) is 5.23. The van der Waals surface area contributed by atoms with E-state index in [0.29, 0.717) is 4.90 Å². The fraction of sp³-hybridized carbons (Fsp3) is 0.400. The van der Waals surface area contributed by atoms with E-state index in [2.05, 4.69) is 9.97 Å². The Hall–Kier alpha value is -1.90. The largest absolute Gasteiger partial charge is 0.406 e. The molecule has 1 atom stereocenters. The first-order chi connectivity index (χ1) is 9.20. The molecule has 20 heavy (non-hydrogen) atoms. The Kier molecular flexibility index (Phi) is 5.26. The SMILES string of the molecule is CN(CC(F)(F)F)C(=O)C(Cl)NC(=O)c1cnccn1. The molecule has 10 heteroatoms. The number of carbonyl (C=O) groups excluding carboxylic acids is 2. The van der Waals surface area contributed by atoms with Gasteiger partial charge in [0.15, 0.2) is 5.50 Å². The fourth-order valence-corrected chi connectivity index (χ4v) is 1.47. The molecule has 0 aliphatic carbocycles. The molecule has 1 aromatic rings. The van der Waals surface area contributed by atoms with Gasteiger partial charge in [0.1, 0.15) is 12.2 Å². The first kappa shape index (κ1) is 16.2. The highest BCUT2D eigenvalue weighted by Gasteiger charge is 2.33. The molecule has 0 saturated carbocycles. The normalized spacial score (nSPS) is 12.7. The van der Waals surface area contributed by atoms with Gasteiger partial charge in [-0.3, -0.25) is 14.6 Å². The molecule has 1 aromatic heterocycles. The van der Waals surface area contributed by atoms with Crippen LogP contribution in [0.15, 0.2) is 18.6 Å². The molecule has 0 aromatic carbocycles. The van der Waals surface area contributed by atoms with Gasteiger partial charge in [-0.25, -0.2) is 4.98 Å². The summed E-state index contributed by atoms with van der Waals surface area (Å²) in [6, 6.07) is 0. The molecule has 0 spiro atoms. The van der Waals surface area contributed by atoms with Crippen LogP contribution in [0.1, 0.15) is 10.5 Å². The van der Waals surface area contributed by atoms with E-state index >= 15 is 0 Å². The fourth-order valence-electron chi connectivity index (χ4n) is 1.21. The third-order valence-corrected chi connectivity index (χ3v) is 2.36. The predicted molar refractivity (Wildman–Crippen MR) is 62.8 cm³/mol. The molecule has 0 aliphatic rings. The van der Waals surface area contributed by atoms with E-state index in [1.807, 2.05) is 5.32 Å².